The summed E-state index contributed by atoms with van der Waals surface area (Å²) in [5, 5.41) is 2.42. The minimum atomic E-state index is 1.06. The average molecular weight is 184 g/mol. The predicted octanol–water partition coefficient (Wildman–Crippen LogP) is 2.90. The van der Waals surface area contributed by atoms with Crippen LogP contribution in [0.25, 0.3) is 10.8 Å². The van der Waals surface area contributed by atoms with Crippen molar-refractivity contribution in [1.82, 2.24) is 5.43 Å². The molecular formula is C12H12N2. The Kier molecular flexibility index (Phi) is 2.36. The molecule has 0 saturated heterocycles. The zero-order chi connectivity index (χ0) is 9.80. The summed E-state index contributed by atoms with van der Waals surface area (Å²) >= 11 is 0. The van der Waals surface area contributed by atoms with Gasteiger partial charge in [0.05, 0.1) is 5.69 Å². The highest BCUT2D eigenvalue weighted by Gasteiger charge is 1.96. The van der Waals surface area contributed by atoms with E-state index in [2.05, 4.69) is 35.6 Å². The van der Waals surface area contributed by atoms with E-state index in [1.807, 2.05) is 24.3 Å². The zero-order valence-electron chi connectivity index (χ0n) is 7.83. The lowest BCUT2D eigenvalue weighted by atomic mass is 10.1. The summed E-state index contributed by atoms with van der Waals surface area (Å²) in [6.07, 6.45) is 1.61. The third-order valence-corrected chi connectivity index (χ3v) is 2.10. The van der Waals surface area contributed by atoms with Crippen molar-refractivity contribution in [3.05, 3.63) is 55.2 Å². The third kappa shape index (κ3) is 1.55. The molecule has 0 amide bonds. The van der Waals surface area contributed by atoms with Gasteiger partial charge in [-0.25, -0.2) is 0 Å². The number of rotatable bonds is 3. The van der Waals surface area contributed by atoms with Crippen LogP contribution in [0.5, 0.6) is 0 Å². The van der Waals surface area contributed by atoms with E-state index < -0.39 is 0 Å². The Balaban J connectivity index is 2.48. The van der Waals surface area contributed by atoms with Crippen molar-refractivity contribution in [2.45, 2.75) is 0 Å². The largest absolute Gasteiger partial charge is 0.309 e. The first kappa shape index (κ1) is 8.63. The van der Waals surface area contributed by atoms with Crippen LogP contribution in [-0.2, 0) is 0 Å². The molecule has 0 aliphatic heterocycles. The van der Waals surface area contributed by atoms with E-state index in [-0.39, 0.29) is 0 Å². The summed E-state index contributed by atoms with van der Waals surface area (Å²) < 4.78 is 0. The van der Waals surface area contributed by atoms with Crippen molar-refractivity contribution >= 4 is 16.5 Å². The fraction of sp³-hybridized carbons (Fsp3) is 0. The van der Waals surface area contributed by atoms with Crippen LogP contribution >= 0.6 is 0 Å². The van der Waals surface area contributed by atoms with Crippen molar-refractivity contribution in [2.24, 2.45) is 0 Å². The lowest BCUT2D eigenvalue weighted by molar-refractivity contribution is 1.07. The monoisotopic (exact) mass is 184 g/mol. The summed E-state index contributed by atoms with van der Waals surface area (Å²) in [5.41, 5.74) is 7.00. The van der Waals surface area contributed by atoms with Crippen molar-refractivity contribution < 1.29 is 0 Å². The Bertz CT molecular complexity index is 444. The molecule has 2 nitrogen and oxygen atoms in total. The van der Waals surface area contributed by atoms with Crippen LogP contribution in [0.4, 0.5) is 5.69 Å². The highest BCUT2D eigenvalue weighted by Crippen LogP contribution is 2.21. The number of hydrogen-bond acceptors (Lipinski definition) is 2. The standard InChI is InChI=1S/C12H12N2/c1-2-13-14-12-9-5-7-10-6-3-4-8-11(10)12/h2-9,13-14H,1H2. The van der Waals surface area contributed by atoms with Gasteiger partial charge in [-0.05, 0) is 11.5 Å². The molecule has 0 aliphatic rings. The Morgan fingerprint density at radius 3 is 2.64 bits per heavy atom. The molecule has 0 heterocycles. The fourth-order valence-electron chi connectivity index (χ4n) is 1.46. The molecule has 2 aromatic carbocycles. The first-order valence-electron chi connectivity index (χ1n) is 4.52. The van der Waals surface area contributed by atoms with E-state index in [0.29, 0.717) is 0 Å². The molecule has 0 spiro atoms. The van der Waals surface area contributed by atoms with Gasteiger partial charge in [0.1, 0.15) is 0 Å². The summed E-state index contributed by atoms with van der Waals surface area (Å²) in [5.74, 6) is 0. The molecule has 0 aliphatic carbocycles. The highest BCUT2D eigenvalue weighted by molar-refractivity contribution is 5.93. The first-order chi connectivity index (χ1) is 6.92. The van der Waals surface area contributed by atoms with Crippen molar-refractivity contribution in [3.8, 4) is 0 Å². The molecule has 0 aromatic heterocycles. The molecule has 70 valence electrons. The van der Waals surface area contributed by atoms with Crippen LogP contribution in [0.1, 0.15) is 0 Å². The minimum absolute atomic E-state index is 1.06. The van der Waals surface area contributed by atoms with Crippen molar-refractivity contribution in [2.75, 3.05) is 5.43 Å². The summed E-state index contributed by atoms with van der Waals surface area (Å²) in [6, 6.07) is 14.4. The van der Waals surface area contributed by atoms with Gasteiger partial charge in [-0.15, -0.1) is 0 Å². The molecule has 0 bridgehead atoms. The van der Waals surface area contributed by atoms with Gasteiger partial charge in [0.25, 0.3) is 0 Å². The fourth-order valence-corrected chi connectivity index (χ4v) is 1.46. The molecule has 2 heteroatoms. The van der Waals surface area contributed by atoms with Crippen LogP contribution in [-0.4, -0.2) is 0 Å². The molecule has 0 unspecified atom stereocenters. The molecule has 0 fully saturated rings. The lowest BCUT2D eigenvalue weighted by Crippen LogP contribution is -2.13. The Morgan fingerprint density at radius 1 is 1.00 bits per heavy atom. The van der Waals surface area contributed by atoms with E-state index in [1.165, 1.54) is 10.8 Å². The SMILES string of the molecule is C=CNNc1cccc2ccccc12. The quantitative estimate of drug-likeness (QED) is 0.717. The highest BCUT2D eigenvalue weighted by atomic mass is 15.3. The van der Waals surface area contributed by atoms with Gasteiger partial charge in [-0.3, -0.25) is 0 Å². The second kappa shape index (κ2) is 3.83. The average Bonchev–Trinajstić information content (AvgIpc) is 2.26. The number of benzene rings is 2. The van der Waals surface area contributed by atoms with Crippen LogP contribution in [0, 0.1) is 0 Å². The molecule has 0 saturated carbocycles. The summed E-state index contributed by atoms with van der Waals surface area (Å²) in [4.78, 5) is 0. The zero-order valence-corrected chi connectivity index (χ0v) is 7.83. The molecule has 0 radical (unpaired) electrons. The van der Waals surface area contributed by atoms with Gasteiger partial charge in [-0.2, -0.15) is 0 Å². The maximum atomic E-state index is 3.58. The van der Waals surface area contributed by atoms with Crippen molar-refractivity contribution in [1.29, 1.82) is 0 Å². The molecule has 2 aromatic rings. The van der Waals surface area contributed by atoms with Crippen LogP contribution in [0.3, 0.4) is 0 Å². The lowest BCUT2D eigenvalue weighted by Gasteiger charge is -2.08. The molecule has 2 rings (SSSR count). The number of fused-ring (bicyclic) bond motifs is 1. The van der Waals surface area contributed by atoms with E-state index in [9.17, 15) is 0 Å². The smallest absolute Gasteiger partial charge is 0.0617 e. The van der Waals surface area contributed by atoms with Crippen LogP contribution < -0.4 is 10.9 Å². The van der Waals surface area contributed by atoms with Gasteiger partial charge in [0, 0.05) is 11.6 Å². The van der Waals surface area contributed by atoms with E-state index in [4.69, 9.17) is 0 Å². The van der Waals surface area contributed by atoms with E-state index in [0.717, 1.165) is 5.69 Å². The topological polar surface area (TPSA) is 24.1 Å². The number of nitrogens with one attached hydrogen (secondary N) is 2. The minimum Gasteiger partial charge on any atom is -0.309 e. The normalized spacial score (nSPS) is 9.71. The van der Waals surface area contributed by atoms with Gasteiger partial charge in [0.15, 0.2) is 0 Å². The van der Waals surface area contributed by atoms with E-state index >= 15 is 0 Å². The van der Waals surface area contributed by atoms with Crippen LogP contribution in [0.15, 0.2) is 55.2 Å². The molecule has 0 atom stereocenters. The maximum absolute atomic E-state index is 3.58. The second-order valence-corrected chi connectivity index (χ2v) is 3.00. The molecule has 2 N–H and O–H groups in total. The van der Waals surface area contributed by atoms with Gasteiger partial charge in [0.2, 0.25) is 0 Å². The third-order valence-electron chi connectivity index (χ3n) is 2.10. The van der Waals surface area contributed by atoms with Crippen molar-refractivity contribution in [3.63, 3.8) is 0 Å². The Hall–Kier alpha value is -1.96. The van der Waals surface area contributed by atoms with E-state index in [1.54, 1.807) is 6.20 Å². The predicted molar refractivity (Wildman–Crippen MR) is 60.9 cm³/mol. The number of anilines is 1. The maximum Gasteiger partial charge on any atom is 0.0617 e. The summed E-state index contributed by atoms with van der Waals surface area (Å²) in [6.45, 7) is 3.58. The number of hydrogen-bond donors (Lipinski definition) is 2. The Morgan fingerprint density at radius 2 is 1.79 bits per heavy atom. The summed E-state index contributed by atoms with van der Waals surface area (Å²) in [7, 11) is 0. The van der Waals surface area contributed by atoms with Crippen LogP contribution in [0.2, 0.25) is 0 Å². The van der Waals surface area contributed by atoms with Gasteiger partial charge in [-0.1, -0.05) is 43.0 Å². The number of hydrazine groups is 1. The van der Waals surface area contributed by atoms with Gasteiger partial charge < -0.3 is 10.9 Å². The molecule has 14 heavy (non-hydrogen) atoms. The molecular weight excluding hydrogens is 172 g/mol. The first-order valence-corrected chi connectivity index (χ1v) is 4.52. The Labute approximate surface area is 83.2 Å². The second-order valence-electron chi connectivity index (χ2n) is 3.00. The van der Waals surface area contributed by atoms with Gasteiger partial charge >= 0.3 is 0 Å².